The predicted octanol–water partition coefficient (Wildman–Crippen LogP) is 3.18. The number of benzene rings is 1. The van der Waals surface area contributed by atoms with Gasteiger partial charge >= 0.3 is 0 Å². The zero-order valence-corrected chi connectivity index (χ0v) is 15.0. The average molecular weight is 345 g/mol. The van der Waals surface area contributed by atoms with Gasteiger partial charge in [0.25, 0.3) is 5.91 Å². The quantitative estimate of drug-likeness (QED) is 0.802. The number of anilines is 2. The SMILES string of the molecule is COc1cc(NC(=O)c2ccnc(NC(C)C)c2)cc(OC)c1OC. The molecule has 0 saturated heterocycles. The molecular weight excluding hydrogens is 322 g/mol. The monoisotopic (exact) mass is 345 g/mol. The van der Waals surface area contributed by atoms with E-state index in [1.54, 1.807) is 30.5 Å². The fraction of sp³-hybridized carbons (Fsp3) is 0.333. The Morgan fingerprint density at radius 2 is 1.68 bits per heavy atom. The molecule has 0 aliphatic carbocycles. The minimum absolute atomic E-state index is 0.223. The molecule has 0 aliphatic heterocycles. The number of nitrogens with one attached hydrogen (secondary N) is 2. The number of aromatic nitrogens is 1. The van der Waals surface area contributed by atoms with Crippen molar-refractivity contribution in [3.8, 4) is 17.2 Å². The normalized spacial score (nSPS) is 10.3. The van der Waals surface area contributed by atoms with Gasteiger partial charge in [0.1, 0.15) is 5.82 Å². The Morgan fingerprint density at radius 1 is 1.04 bits per heavy atom. The smallest absolute Gasteiger partial charge is 0.255 e. The van der Waals surface area contributed by atoms with Crippen LogP contribution < -0.4 is 24.8 Å². The van der Waals surface area contributed by atoms with Crippen LogP contribution in [0.2, 0.25) is 0 Å². The number of amides is 1. The van der Waals surface area contributed by atoms with Crippen LogP contribution in [0.3, 0.4) is 0 Å². The van der Waals surface area contributed by atoms with Crippen LogP contribution in [0.25, 0.3) is 0 Å². The fourth-order valence-electron chi connectivity index (χ4n) is 2.30. The summed E-state index contributed by atoms with van der Waals surface area (Å²) in [5.41, 5.74) is 1.03. The first kappa shape index (κ1) is 18.4. The van der Waals surface area contributed by atoms with Gasteiger partial charge in [0.15, 0.2) is 11.5 Å². The lowest BCUT2D eigenvalue weighted by atomic mass is 10.2. The molecule has 1 amide bonds. The highest BCUT2D eigenvalue weighted by atomic mass is 16.5. The third kappa shape index (κ3) is 4.53. The van der Waals surface area contributed by atoms with E-state index < -0.39 is 0 Å². The average Bonchev–Trinajstić information content (AvgIpc) is 2.60. The zero-order valence-electron chi connectivity index (χ0n) is 15.0. The summed E-state index contributed by atoms with van der Waals surface area (Å²) >= 11 is 0. The molecule has 7 nitrogen and oxygen atoms in total. The summed E-state index contributed by atoms with van der Waals surface area (Å²) in [7, 11) is 4.57. The Bertz CT molecular complexity index is 722. The number of ether oxygens (including phenoxy) is 3. The third-order valence-electron chi connectivity index (χ3n) is 3.38. The third-order valence-corrected chi connectivity index (χ3v) is 3.38. The van der Waals surface area contributed by atoms with E-state index in [0.717, 1.165) is 0 Å². The van der Waals surface area contributed by atoms with Crippen LogP contribution in [0.4, 0.5) is 11.5 Å². The Morgan fingerprint density at radius 3 is 2.20 bits per heavy atom. The largest absolute Gasteiger partial charge is 0.493 e. The summed E-state index contributed by atoms with van der Waals surface area (Å²) < 4.78 is 15.9. The van der Waals surface area contributed by atoms with Crippen molar-refractivity contribution in [1.29, 1.82) is 0 Å². The number of carbonyl (C=O) groups is 1. The van der Waals surface area contributed by atoms with Crippen molar-refractivity contribution >= 4 is 17.4 Å². The molecule has 1 aromatic heterocycles. The molecule has 0 saturated carbocycles. The van der Waals surface area contributed by atoms with Gasteiger partial charge in [0, 0.05) is 35.6 Å². The Kier molecular flexibility index (Phi) is 6.05. The van der Waals surface area contributed by atoms with Gasteiger partial charge in [-0.15, -0.1) is 0 Å². The molecule has 0 fully saturated rings. The van der Waals surface area contributed by atoms with Gasteiger partial charge in [-0.2, -0.15) is 0 Å². The van der Waals surface area contributed by atoms with Crippen molar-refractivity contribution in [3.05, 3.63) is 36.0 Å². The van der Waals surface area contributed by atoms with Crippen LogP contribution in [0, 0.1) is 0 Å². The molecule has 0 bridgehead atoms. The summed E-state index contributed by atoms with van der Waals surface area (Å²) in [5.74, 6) is 1.79. The molecule has 2 rings (SSSR count). The van der Waals surface area contributed by atoms with Crippen molar-refractivity contribution in [2.24, 2.45) is 0 Å². The minimum atomic E-state index is -0.261. The van der Waals surface area contributed by atoms with Gasteiger partial charge in [-0.25, -0.2) is 4.98 Å². The van der Waals surface area contributed by atoms with E-state index in [-0.39, 0.29) is 11.9 Å². The standard InChI is InChI=1S/C18H23N3O4/c1-11(2)20-16-8-12(6-7-19-16)18(22)21-13-9-14(23-3)17(25-5)15(10-13)24-4/h6-11H,1-5H3,(H,19,20)(H,21,22). The van der Waals surface area contributed by atoms with E-state index in [2.05, 4.69) is 15.6 Å². The van der Waals surface area contributed by atoms with Gasteiger partial charge in [0.05, 0.1) is 21.3 Å². The van der Waals surface area contributed by atoms with E-state index >= 15 is 0 Å². The van der Waals surface area contributed by atoms with Gasteiger partial charge in [-0.3, -0.25) is 4.79 Å². The van der Waals surface area contributed by atoms with Crippen molar-refractivity contribution in [3.63, 3.8) is 0 Å². The lowest BCUT2D eigenvalue weighted by Gasteiger charge is -2.15. The van der Waals surface area contributed by atoms with Crippen LogP contribution in [-0.2, 0) is 0 Å². The molecule has 0 unspecified atom stereocenters. The predicted molar refractivity (Wildman–Crippen MR) is 97.0 cm³/mol. The maximum absolute atomic E-state index is 12.5. The van der Waals surface area contributed by atoms with Crippen molar-refractivity contribution < 1.29 is 19.0 Å². The molecule has 25 heavy (non-hydrogen) atoms. The number of nitrogens with zero attached hydrogens (tertiary/aromatic N) is 1. The van der Waals surface area contributed by atoms with Gasteiger partial charge in [-0.05, 0) is 26.0 Å². The number of hydrogen-bond donors (Lipinski definition) is 2. The number of methoxy groups -OCH3 is 3. The van der Waals surface area contributed by atoms with E-state index in [1.165, 1.54) is 21.3 Å². The lowest BCUT2D eigenvalue weighted by molar-refractivity contribution is 0.102. The summed E-state index contributed by atoms with van der Waals surface area (Å²) in [5, 5.41) is 6.00. The highest BCUT2D eigenvalue weighted by Gasteiger charge is 2.15. The fourth-order valence-corrected chi connectivity index (χ4v) is 2.30. The minimum Gasteiger partial charge on any atom is -0.493 e. The molecule has 2 N–H and O–H groups in total. The van der Waals surface area contributed by atoms with Crippen LogP contribution in [-0.4, -0.2) is 38.3 Å². The second-order valence-corrected chi connectivity index (χ2v) is 5.60. The summed E-state index contributed by atoms with van der Waals surface area (Å²) in [6, 6.07) is 6.93. The van der Waals surface area contributed by atoms with E-state index in [4.69, 9.17) is 14.2 Å². The first-order valence-electron chi connectivity index (χ1n) is 7.82. The maximum atomic E-state index is 12.5. The maximum Gasteiger partial charge on any atom is 0.255 e. The molecule has 7 heteroatoms. The van der Waals surface area contributed by atoms with E-state index in [9.17, 15) is 4.79 Å². The van der Waals surface area contributed by atoms with Gasteiger partial charge in [-0.1, -0.05) is 0 Å². The van der Waals surface area contributed by atoms with Crippen LogP contribution in [0.1, 0.15) is 24.2 Å². The molecule has 0 spiro atoms. The Labute approximate surface area is 147 Å². The lowest BCUT2D eigenvalue weighted by Crippen LogP contribution is -2.15. The Hall–Kier alpha value is -2.96. The molecule has 0 radical (unpaired) electrons. The first-order valence-corrected chi connectivity index (χ1v) is 7.82. The zero-order chi connectivity index (χ0) is 18.4. The van der Waals surface area contributed by atoms with E-state index in [1.807, 2.05) is 13.8 Å². The van der Waals surface area contributed by atoms with Crippen LogP contribution >= 0.6 is 0 Å². The van der Waals surface area contributed by atoms with Crippen molar-refractivity contribution in [2.45, 2.75) is 19.9 Å². The highest BCUT2D eigenvalue weighted by molar-refractivity contribution is 6.05. The number of pyridine rings is 1. The topological polar surface area (TPSA) is 81.7 Å². The van der Waals surface area contributed by atoms with Crippen LogP contribution in [0.15, 0.2) is 30.5 Å². The number of carbonyl (C=O) groups excluding carboxylic acids is 1. The summed E-state index contributed by atoms with van der Waals surface area (Å²) in [6.45, 7) is 4.01. The summed E-state index contributed by atoms with van der Waals surface area (Å²) in [4.78, 5) is 16.7. The van der Waals surface area contributed by atoms with Gasteiger partial charge in [0.2, 0.25) is 5.75 Å². The van der Waals surface area contributed by atoms with Crippen molar-refractivity contribution in [1.82, 2.24) is 4.98 Å². The summed E-state index contributed by atoms with van der Waals surface area (Å²) in [6.07, 6.45) is 1.59. The van der Waals surface area contributed by atoms with E-state index in [0.29, 0.717) is 34.3 Å². The van der Waals surface area contributed by atoms with Crippen LogP contribution in [0.5, 0.6) is 17.2 Å². The Balaban J connectivity index is 2.26. The molecular formula is C18H23N3O4. The second kappa shape index (κ2) is 8.23. The molecule has 0 atom stereocenters. The van der Waals surface area contributed by atoms with Crippen molar-refractivity contribution in [2.75, 3.05) is 32.0 Å². The highest BCUT2D eigenvalue weighted by Crippen LogP contribution is 2.40. The molecule has 1 heterocycles. The van der Waals surface area contributed by atoms with Gasteiger partial charge < -0.3 is 24.8 Å². The second-order valence-electron chi connectivity index (χ2n) is 5.60. The molecule has 2 aromatic rings. The molecule has 0 aliphatic rings. The molecule has 1 aromatic carbocycles. The first-order chi connectivity index (χ1) is 12.0. The number of rotatable bonds is 7. The molecule has 134 valence electrons. The number of hydrogen-bond acceptors (Lipinski definition) is 6.